The number of carbonyl (C=O) groups is 1. The second-order valence-corrected chi connectivity index (χ2v) is 8.66. The number of allylic oxidation sites excluding steroid dienone is 1. The van der Waals surface area contributed by atoms with Crippen molar-refractivity contribution >= 4 is 17.5 Å². The lowest BCUT2D eigenvalue weighted by Crippen LogP contribution is -2.29. The Bertz CT molecular complexity index is 1220. The third kappa shape index (κ3) is 5.72. The highest BCUT2D eigenvalue weighted by atomic mass is 19.1. The molecule has 1 aliphatic heterocycles. The van der Waals surface area contributed by atoms with Crippen LogP contribution in [0.15, 0.2) is 66.7 Å². The Kier molecular flexibility index (Phi) is 7.83. The highest BCUT2D eigenvalue weighted by Gasteiger charge is 2.17. The Balaban J connectivity index is 1.72. The standard InChI is InChI=1S/C29H31FN2O3/c1-31-15-6-16-32(18-17-31)27-13-9-21(24-7-4-5-8-29(24)35-3)19-22(27)10-14-28(33)25-12-11-23(34-2)20-26(25)30/h4-5,7-14,19-20H,6,15-18H2,1-3H3/b14-10+. The van der Waals surface area contributed by atoms with Crippen molar-refractivity contribution < 1.29 is 18.7 Å². The molecule has 4 rings (SSSR count). The number of rotatable bonds is 7. The van der Waals surface area contributed by atoms with Gasteiger partial charge in [-0.05, 0) is 73.6 Å². The largest absolute Gasteiger partial charge is 0.497 e. The van der Waals surface area contributed by atoms with Crippen LogP contribution in [0.3, 0.4) is 0 Å². The number of likely N-dealkylation sites (N-methyl/N-ethyl adjacent to an activating group) is 1. The number of methoxy groups -OCH3 is 2. The van der Waals surface area contributed by atoms with Gasteiger partial charge in [-0.2, -0.15) is 0 Å². The van der Waals surface area contributed by atoms with E-state index in [0.29, 0.717) is 5.75 Å². The maximum Gasteiger partial charge on any atom is 0.188 e. The molecule has 0 aromatic heterocycles. The van der Waals surface area contributed by atoms with Crippen molar-refractivity contribution in [3.8, 4) is 22.6 Å². The number of ether oxygens (including phenoxy) is 2. The van der Waals surface area contributed by atoms with Crippen molar-refractivity contribution in [1.29, 1.82) is 0 Å². The first kappa shape index (κ1) is 24.5. The molecular formula is C29H31FN2O3. The summed E-state index contributed by atoms with van der Waals surface area (Å²) in [6.07, 6.45) is 4.29. The Hall–Kier alpha value is -3.64. The monoisotopic (exact) mass is 474 g/mol. The number of para-hydroxylation sites is 1. The Labute approximate surface area is 206 Å². The van der Waals surface area contributed by atoms with E-state index in [-0.39, 0.29) is 5.56 Å². The molecule has 182 valence electrons. The zero-order valence-corrected chi connectivity index (χ0v) is 20.5. The number of hydrogen-bond donors (Lipinski definition) is 0. The molecule has 3 aromatic rings. The van der Waals surface area contributed by atoms with Gasteiger partial charge in [0.25, 0.3) is 0 Å². The molecule has 0 spiro atoms. The third-order valence-electron chi connectivity index (χ3n) is 6.36. The number of halogens is 1. The van der Waals surface area contributed by atoms with Crippen LogP contribution in [0.5, 0.6) is 11.5 Å². The number of nitrogens with zero attached hydrogens (tertiary/aromatic N) is 2. The number of carbonyl (C=O) groups excluding carboxylic acids is 1. The fraction of sp³-hybridized carbons (Fsp3) is 0.276. The van der Waals surface area contributed by atoms with Crippen LogP contribution < -0.4 is 14.4 Å². The molecule has 0 N–H and O–H groups in total. The van der Waals surface area contributed by atoms with Crippen molar-refractivity contribution in [2.45, 2.75) is 6.42 Å². The maximum absolute atomic E-state index is 14.5. The first-order valence-electron chi connectivity index (χ1n) is 11.8. The molecule has 0 unspecified atom stereocenters. The van der Waals surface area contributed by atoms with Gasteiger partial charge in [0.1, 0.15) is 17.3 Å². The highest BCUT2D eigenvalue weighted by Crippen LogP contribution is 2.34. The van der Waals surface area contributed by atoms with Crippen LogP contribution in [0.25, 0.3) is 17.2 Å². The van der Waals surface area contributed by atoms with Gasteiger partial charge in [-0.3, -0.25) is 4.79 Å². The van der Waals surface area contributed by atoms with E-state index in [1.807, 2.05) is 24.3 Å². The van der Waals surface area contributed by atoms with E-state index >= 15 is 0 Å². The smallest absolute Gasteiger partial charge is 0.188 e. The molecule has 0 aliphatic carbocycles. The molecule has 6 heteroatoms. The topological polar surface area (TPSA) is 42.0 Å². The van der Waals surface area contributed by atoms with Gasteiger partial charge in [-0.15, -0.1) is 0 Å². The molecule has 35 heavy (non-hydrogen) atoms. The number of anilines is 1. The summed E-state index contributed by atoms with van der Waals surface area (Å²) < 4.78 is 25.1. The first-order chi connectivity index (χ1) is 17.0. The normalized spacial score (nSPS) is 14.7. The average Bonchev–Trinajstić information content (AvgIpc) is 3.11. The number of ketones is 1. The second kappa shape index (κ2) is 11.2. The minimum absolute atomic E-state index is 0.0147. The van der Waals surface area contributed by atoms with E-state index in [1.54, 1.807) is 19.3 Å². The predicted octanol–water partition coefficient (Wildman–Crippen LogP) is 5.55. The van der Waals surface area contributed by atoms with Crippen LogP contribution in [0.1, 0.15) is 22.3 Å². The molecule has 1 heterocycles. The molecule has 3 aromatic carbocycles. The van der Waals surface area contributed by atoms with Gasteiger partial charge in [-0.1, -0.05) is 24.3 Å². The van der Waals surface area contributed by atoms with Crippen molar-refractivity contribution in [2.24, 2.45) is 0 Å². The molecule has 0 saturated carbocycles. The lowest BCUT2D eigenvalue weighted by molar-refractivity contribution is 0.104. The van der Waals surface area contributed by atoms with E-state index in [2.05, 4.69) is 35.0 Å². The zero-order valence-electron chi connectivity index (χ0n) is 20.5. The van der Waals surface area contributed by atoms with E-state index < -0.39 is 11.6 Å². The molecular weight excluding hydrogens is 443 g/mol. The van der Waals surface area contributed by atoms with E-state index in [1.165, 1.54) is 25.3 Å². The minimum Gasteiger partial charge on any atom is -0.497 e. The van der Waals surface area contributed by atoms with Crippen molar-refractivity contribution in [3.63, 3.8) is 0 Å². The van der Waals surface area contributed by atoms with Gasteiger partial charge >= 0.3 is 0 Å². The maximum atomic E-state index is 14.5. The molecule has 1 fully saturated rings. The van der Waals surface area contributed by atoms with Gasteiger partial charge in [0.2, 0.25) is 0 Å². The summed E-state index contributed by atoms with van der Waals surface area (Å²) in [4.78, 5) is 17.6. The lowest BCUT2D eigenvalue weighted by Gasteiger charge is -2.25. The molecule has 0 amide bonds. The molecule has 0 bridgehead atoms. The van der Waals surface area contributed by atoms with Crippen LogP contribution in [0, 0.1) is 5.82 Å². The Morgan fingerprint density at radius 2 is 1.77 bits per heavy atom. The summed E-state index contributed by atoms with van der Waals surface area (Å²) >= 11 is 0. The quantitative estimate of drug-likeness (QED) is 0.332. The van der Waals surface area contributed by atoms with Crippen molar-refractivity contribution in [2.75, 3.05) is 52.3 Å². The van der Waals surface area contributed by atoms with Crippen LogP contribution in [-0.4, -0.2) is 58.1 Å². The summed E-state index contributed by atoms with van der Waals surface area (Å²) in [6.45, 7) is 3.84. The molecule has 0 radical (unpaired) electrons. The van der Waals surface area contributed by atoms with E-state index in [0.717, 1.165) is 60.7 Å². The van der Waals surface area contributed by atoms with E-state index in [9.17, 15) is 9.18 Å². The molecule has 1 aliphatic rings. The van der Waals surface area contributed by atoms with Gasteiger partial charge in [0.05, 0.1) is 19.8 Å². The van der Waals surface area contributed by atoms with Gasteiger partial charge < -0.3 is 19.3 Å². The number of benzene rings is 3. The summed E-state index contributed by atoms with van der Waals surface area (Å²) in [5.74, 6) is 0.163. The van der Waals surface area contributed by atoms with Crippen LogP contribution >= 0.6 is 0 Å². The van der Waals surface area contributed by atoms with Gasteiger partial charge in [0, 0.05) is 37.0 Å². The Morgan fingerprint density at radius 3 is 2.54 bits per heavy atom. The SMILES string of the molecule is COc1ccc(C(=O)/C=C/c2cc(-c3ccccc3OC)ccc2N2CCCN(C)CC2)c(F)c1. The van der Waals surface area contributed by atoms with Gasteiger partial charge in [0.15, 0.2) is 5.78 Å². The average molecular weight is 475 g/mol. The molecule has 1 saturated heterocycles. The van der Waals surface area contributed by atoms with Crippen LogP contribution in [0.2, 0.25) is 0 Å². The minimum atomic E-state index is -0.599. The fourth-order valence-electron chi connectivity index (χ4n) is 4.39. The van der Waals surface area contributed by atoms with Crippen LogP contribution in [-0.2, 0) is 0 Å². The summed E-state index contributed by atoms with van der Waals surface area (Å²) in [6, 6.07) is 18.4. The van der Waals surface area contributed by atoms with Crippen LogP contribution in [0.4, 0.5) is 10.1 Å². The number of hydrogen-bond acceptors (Lipinski definition) is 5. The molecule has 0 atom stereocenters. The van der Waals surface area contributed by atoms with Crippen molar-refractivity contribution in [1.82, 2.24) is 4.90 Å². The predicted molar refractivity (Wildman–Crippen MR) is 139 cm³/mol. The van der Waals surface area contributed by atoms with Gasteiger partial charge in [-0.25, -0.2) is 4.39 Å². The third-order valence-corrected chi connectivity index (χ3v) is 6.36. The zero-order chi connectivity index (χ0) is 24.8. The van der Waals surface area contributed by atoms with E-state index in [4.69, 9.17) is 9.47 Å². The molecule has 5 nitrogen and oxygen atoms in total. The first-order valence-corrected chi connectivity index (χ1v) is 11.8. The highest BCUT2D eigenvalue weighted by molar-refractivity contribution is 6.07. The summed E-state index contributed by atoms with van der Waals surface area (Å²) in [7, 11) is 5.26. The fourth-order valence-corrected chi connectivity index (χ4v) is 4.39. The summed E-state index contributed by atoms with van der Waals surface area (Å²) in [5, 5.41) is 0. The second-order valence-electron chi connectivity index (χ2n) is 8.66. The van der Waals surface area contributed by atoms with Crippen molar-refractivity contribution in [3.05, 3.63) is 83.7 Å². The summed E-state index contributed by atoms with van der Waals surface area (Å²) in [5.41, 5.74) is 3.93. The lowest BCUT2D eigenvalue weighted by atomic mass is 9.99. The Morgan fingerprint density at radius 1 is 0.943 bits per heavy atom.